The van der Waals surface area contributed by atoms with Crippen LogP contribution in [0.25, 0.3) is 10.2 Å². The summed E-state index contributed by atoms with van der Waals surface area (Å²) in [5, 5.41) is 0.691. The Kier molecular flexibility index (Phi) is 4.42. The van der Waals surface area contributed by atoms with Gasteiger partial charge in [0.2, 0.25) is 0 Å². The monoisotopic (exact) mass is 371 g/mol. The summed E-state index contributed by atoms with van der Waals surface area (Å²) in [6.45, 7) is 4.25. The van der Waals surface area contributed by atoms with Crippen LogP contribution in [-0.2, 0) is 26.0 Å². The second kappa shape index (κ2) is 6.74. The minimum atomic E-state index is -0.174. The molecule has 0 saturated heterocycles. The van der Waals surface area contributed by atoms with Crippen molar-refractivity contribution in [2.75, 3.05) is 19.4 Å². The molecular formula is C19H23N4O2S+. The number of quaternary nitrogens is 1. The lowest BCUT2D eigenvalue weighted by atomic mass is 10.1. The number of aryl methyl sites for hydroxylation is 1. The first-order valence-electron chi connectivity index (χ1n) is 8.91. The van der Waals surface area contributed by atoms with Gasteiger partial charge in [-0.3, -0.25) is 4.79 Å². The predicted molar refractivity (Wildman–Crippen MR) is 103 cm³/mol. The summed E-state index contributed by atoms with van der Waals surface area (Å²) >= 11 is 1.61. The summed E-state index contributed by atoms with van der Waals surface area (Å²) in [6.07, 6.45) is 1.89. The topological polar surface area (TPSA) is 74.6 Å². The van der Waals surface area contributed by atoms with E-state index in [1.807, 2.05) is 24.3 Å². The largest absolute Gasteiger partial charge is 0.486 e. The van der Waals surface area contributed by atoms with Crippen molar-refractivity contribution >= 4 is 21.6 Å². The lowest BCUT2D eigenvalue weighted by Gasteiger charge is -2.19. The summed E-state index contributed by atoms with van der Waals surface area (Å²) in [4.78, 5) is 20.9. The van der Waals surface area contributed by atoms with E-state index < -0.39 is 0 Å². The third kappa shape index (κ3) is 2.97. The normalized spacial score (nSPS) is 16.6. The van der Waals surface area contributed by atoms with E-state index >= 15 is 0 Å². The van der Waals surface area contributed by atoms with Gasteiger partial charge >= 0.3 is 0 Å². The van der Waals surface area contributed by atoms with Crippen LogP contribution >= 0.6 is 11.3 Å². The number of thiophene rings is 1. The Bertz CT molecular complexity index is 1010. The first kappa shape index (κ1) is 17.1. The van der Waals surface area contributed by atoms with Crippen molar-refractivity contribution in [1.82, 2.24) is 9.66 Å². The molecule has 0 radical (unpaired) electrons. The molecule has 1 aliphatic rings. The summed E-state index contributed by atoms with van der Waals surface area (Å²) in [5.74, 6) is 7.23. The molecule has 6 nitrogen and oxygen atoms in total. The number of hydrogen-bond donors (Lipinski definition) is 2. The number of aromatic nitrogens is 2. The Labute approximate surface area is 155 Å². The van der Waals surface area contributed by atoms with Crippen LogP contribution in [0.15, 0.2) is 29.1 Å². The number of nitrogens with zero attached hydrogens (tertiary/aromatic N) is 2. The van der Waals surface area contributed by atoms with Gasteiger partial charge in [0.05, 0.1) is 23.9 Å². The minimum Gasteiger partial charge on any atom is -0.486 e. The molecule has 1 aromatic carbocycles. The lowest BCUT2D eigenvalue weighted by Crippen LogP contribution is -3.08. The molecule has 1 aliphatic heterocycles. The number of benzene rings is 1. The average molecular weight is 371 g/mol. The highest BCUT2D eigenvalue weighted by Gasteiger charge is 2.25. The van der Waals surface area contributed by atoms with Gasteiger partial charge in [0.25, 0.3) is 5.56 Å². The molecule has 7 heteroatoms. The molecule has 0 saturated carbocycles. The zero-order valence-corrected chi connectivity index (χ0v) is 15.9. The van der Waals surface area contributed by atoms with Gasteiger partial charge in [0.1, 0.15) is 23.7 Å². The molecule has 3 N–H and O–H groups in total. The van der Waals surface area contributed by atoms with Crippen molar-refractivity contribution in [1.29, 1.82) is 0 Å². The third-order valence-corrected chi connectivity index (χ3v) is 6.10. The number of nitrogens with one attached hydrogen (secondary N) is 1. The standard InChI is InChI=1S/C19H22N4O2S/c1-3-12-4-6-13(7-5-12)25-11-16-21-18-17(19(24)23(16)20)14-8-9-22(2)10-15(14)26-18/h4-7H,3,8-11,20H2,1-2H3/p+1. The lowest BCUT2D eigenvalue weighted by molar-refractivity contribution is -0.895. The molecule has 26 heavy (non-hydrogen) atoms. The van der Waals surface area contributed by atoms with E-state index in [-0.39, 0.29) is 12.2 Å². The van der Waals surface area contributed by atoms with Crippen LogP contribution in [0, 0.1) is 0 Å². The average Bonchev–Trinajstić information content (AvgIpc) is 3.01. The summed E-state index contributed by atoms with van der Waals surface area (Å²) in [7, 11) is 2.17. The van der Waals surface area contributed by atoms with Crippen LogP contribution in [0.1, 0.15) is 28.8 Å². The number of rotatable bonds is 4. The smallest absolute Gasteiger partial charge is 0.281 e. The second-order valence-electron chi connectivity index (χ2n) is 6.81. The van der Waals surface area contributed by atoms with Gasteiger partial charge in [-0.1, -0.05) is 19.1 Å². The number of ether oxygens (including phenoxy) is 1. The second-order valence-corrected chi connectivity index (χ2v) is 7.89. The Hall–Kier alpha value is -2.38. The molecule has 0 spiro atoms. The number of nitrogens with two attached hydrogens (primary N) is 1. The van der Waals surface area contributed by atoms with Crippen molar-refractivity contribution in [3.05, 3.63) is 56.4 Å². The zero-order chi connectivity index (χ0) is 18.3. The first-order chi connectivity index (χ1) is 12.6. The quantitative estimate of drug-likeness (QED) is 0.668. The van der Waals surface area contributed by atoms with Crippen LogP contribution < -0.4 is 21.0 Å². The molecule has 4 rings (SSSR count). The summed E-state index contributed by atoms with van der Waals surface area (Å²) in [6, 6.07) is 7.93. The third-order valence-electron chi connectivity index (χ3n) is 4.98. The van der Waals surface area contributed by atoms with Crippen LogP contribution in [0.2, 0.25) is 0 Å². The van der Waals surface area contributed by atoms with Crippen molar-refractivity contribution < 1.29 is 9.64 Å². The van der Waals surface area contributed by atoms with Gasteiger partial charge in [0.15, 0.2) is 5.82 Å². The molecule has 2 aromatic heterocycles. The summed E-state index contributed by atoms with van der Waals surface area (Å²) in [5.41, 5.74) is 2.21. The van der Waals surface area contributed by atoms with Gasteiger partial charge in [-0.25, -0.2) is 9.66 Å². The van der Waals surface area contributed by atoms with Gasteiger partial charge < -0.3 is 15.5 Å². The predicted octanol–water partition coefficient (Wildman–Crippen LogP) is 0.884. The molecular weight excluding hydrogens is 348 g/mol. The Balaban J connectivity index is 1.65. The van der Waals surface area contributed by atoms with E-state index in [1.165, 1.54) is 15.3 Å². The Morgan fingerprint density at radius 1 is 1.35 bits per heavy atom. The Morgan fingerprint density at radius 2 is 2.12 bits per heavy atom. The molecule has 0 bridgehead atoms. The maximum atomic E-state index is 12.8. The maximum Gasteiger partial charge on any atom is 0.281 e. The van der Waals surface area contributed by atoms with Gasteiger partial charge in [-0.15, -0.1) is 11.3 Å². The molecule has 136 valence electrons. The molecule has 0 fully saturated rings. The first-order valence-corrected chi connectivity index (χ1v) is 9.72. The van der Waals surface area contributed by atoms with E-state index in [1.54, 1.807) is 11.3 Å². The van der Waals surface area contributed by atoms with Crippen molar-refractivity contribution in [2.45, 2.75) is 32.9 Å². The highest BCUT2D eigenvalue weighted by Crippen LogP contribution is 2.29. The maximum absolute atomic E-state index is 12.8. The fourth-order valence-electron chi connectivity index (χ4n) is 3.39. The highest BCUT2D eigenvalue weighted by molar-refractivity contribution is 7.18. The summed E-state index contributed by atoms with van der Waals surface area (Å²) < 4.78 is 6.93. The van der Waals surface area contributed by atoms with E-state index in [0.29, 0.717) is 11.2 Å². The molecule has 0 amide bonds. The SMILES string of the molecule is CCc1ccc(OCc2nc3sc4c(c3c(=O)n2N)CC[NH+](C)C4)cc1. The molecule has 1 atom stereocenters. The number of fused-ring (bicyclic) bond motifs is 3. The molecule has 3 aromatic rings. The van der Waals surface area contributed by atoms with E-state index in [4.69, 9.17) is 10.6 Å². The molecule has 3 heterocycles. The van der Waals surface area contributed by atoms with Gasteiger partial charge in [-0.2, -0.15) is 0 Å². The fraction of sp³-hybridized carbons (Fsp3) is 0.368. The van der Waals surface area contributed by atoms with E-state index in [0.717, 1.165) is 46.8 Å². The number of hydrogen-bond acceptors (Lipinski definition) is 5. The number of likely N-dealkylation sites (N-methyl/N-ethyl adjacent to an activating group) is 1. The minimum absolute atomic E-state index is 0.168. The van der Waals surface area contributed by atoms with E-state index in [2.05, 4.69) is 19.0 Å². The van der Waals surface area contributed by atoms with Crippen molar-refractivity contribution in [2.24, 2.45) is 0 Å². The van der Waals surface area contributed by atoms with Gasteiger partial charge in [-0.05, 0) is 29.7 Å². The van der Waals surface area contributed by atoms with Crippen LogP contribution in [0.5, 0.6) is 5.75 Å². The Morgan fingerprint density at radius 3 is 2.85 bits per heavy atom. The number of nitrogen functional groups attached to an aromatic ring is 1. The molecule has 1 unspecified atom stereocenters. The van der Waals surface area contributed by atoms with Crippen molar-refractivity contribution in [3.63, 3.8) is 0 Å². The zero-order valence-electron chi connectivity index (χ0n) is 15.0. The fourth-order valence-corrected chi connectivity index (χ4v) is 4.73. The van der Waals surface area contributed by atoms with Crippen LogP contribution in [0.3, 0.4) is 0 Å². The van der Waals surface area contributed by atoms with Crippen molar-refractivity contribution in [3.8, 4) is 5.75 Å². The van der Waals surface area contributed by atoms with E-state index in [9.17, 15) is 4.79 Å². The van der Waals surface area contributed by atoms with Crippen LogP contribution in [-0.4, -0.2) is 23.3 Å². The van der Waals surface area contributed by atoms with Gasteiger partial charge in [0, 0.05) is 6.42 Å². The van der Waals surface area contributed by atoms with Crippen LogP contribution in [0.4, 0.5) is 0 Å². The molecule has 0 aliphatic carbocycles. The highest BCUT2D eigenvalue weighted by atomic mass is 32.1.